The van der Waals surface area contributed by atoms with E-state index in [2.05, 4.69) is 10.6 Å². The number of methoxy groups -OCH3 is 1. The normalized spacial score (nSPS) is 11.4. The summed E-state index contributed by atoms with van der Waals surface area (Å²) in [5.41, 5.74) is 2.11. The maximum Gasteiger partial charge on any atom is 0.275 e. The van der Waals surface area contributed by atoms with Gasteiger partial charge in [0.25, 0.3) is 5.91 Å². The van der Waals surface area contributed by atoms with Crippen LogP contribution in [0.1, 0.15) is 11.1 Å². The van der Waals surface area contributed by atoms with Gasteiger partial charge in [-0.05, 0) is 23.8 Å². The van der Waals surface area contributed by atoms with Crippen LogP contribution in [0.2, 0.25) is 0 Å². The van der Waals surface area contributed by atoms with Gasteiger partial charge in [-0.2, -0.15) is 0 Å². The number of nitrogens with one attached hydrogen (secondary N) is 3. The fourth-order valence-corrected chi connectivity index (χ4v) is 2.69. The zero-order chi connectivity index (χ0) is 20.4. The second-order valence-corrected chi connectivity index (χ2v) is 6.52. The predicted octanol–water partition coefficient (Wildman–Crippen LogP) is 0.151. The lowest BCUT2D eigenvalue weighted by Gasteiger charge is -2.16. The number of carbonyl (C=O) groups is 2. The average Bonchev–Trinajstić information content (AvgIpc) is 2.71. The van der Waals surface area contributed by atoms with Crippen LogP contribution in [0.5, 0.6) is 11.5 Å². The van der Waals surface area contributed by atoms with Gasteiger partial charge in [0, 0.05) is 12.6 Å². The van der Waals surface area contributed by atoms with Crippen LogP contribution in [0.25, 0.3) is 0 Å². The topological polar surface area (TPSA) is 81.1 Å². The Morgan fingerprint density at radius 2 is 1.75 bits per heavy atom. The van der Waals surface area contributed by atoms with Crippen LogP contribution >= 0.6 is 0 Å². The van der Waals surface area contributed by atoms with E-state index in [1.807, 2.05) is 55.6 Å². The standard InChI is InChI=1S/C21H27N3O4/c1-22-20(25)12-23-21(26)14-24(2)13-17-9-10-18(19(11-17)27-3)28-15-16-7-5-4-6-8-16/h4-11H,12-15H2,1-3H3,(H,22,25)(H,23,26)/p+1. The molecule has 0 spiro atoms. The molecule has 0 aliphatic rings. The van der Waals surface area contributed by atoms with Crippen molar-refractivity contribution in [1.82, 2.24) is 10.6 Å². The molecule has 0 heterocycles. The van der Waals surface area contributed by atoms with Crippen molar-refractivity contribution in [2.24, 2.45) is 0 Å². The van der Waals surface area contributed by atoms with Crippen LogP contribution in [0.3, 0.4) is 0 Å². The molecule has 1 atom stereocenters. The van der Waals surface area contributed by atoms with Gasteiger partial charge in [-0.3, -0.25) is 9.59 Å². The van der Waals surface area contributed by atoms with Crippen molar-refractivity contribution in [3.05, 3.63) is 59.7 Å². The number of quaternary nitrogens is 1. The van der Waals surface area contributed by atoms with Gasteiger partial charge in [-0.1, -0.05) is 30.3 Å². The number of hydrogen-bond acceptors (Lipinski definition) is 4. The highest BCUT2D eigenvalue weighted by Gasteiger charge is 2.13. The third kappa shape index (κ3) is 6.92. The summed E-state index contributed by atoms with van der Waals surface area (Å²) in [5.74, 6) is 0.944. The Balaban J connectivity index is 1.89. The van der Waals surface area contributed by atoms with Crippen molar-refractivity contribution < 1.29 is 24.0 Å². The molecule has 7 heteroatoms. The fraction of sp³-hybridized carbons (Fsp3) is 0.333. The molecule has 0 aromatic heterocycles. The molecule has 2 rings (SSSR count). The fourth-order valence-electron chi connectivity index (χ4n) is 2.69. The van der Waals surface area contributed by atoms with E-state index in [1.54, 1.807) is 7.11 Å². The van der Waals surface area contributed by atoms with Crippen LogP contribution in [0.4, 0.5) is 0 Å². The summed E-state index contributed by atoms with van der Waals surface area (Å²) in [6.07, 6.45) is 0. The molecule has 28 heavy (non-hydrogen) atoms. The zero-order valence-electron chi connectivity index (χ0n) is 16.6. The number of ether oxygens (including phenoxy) is 2. The molecule has 150 valence electrons. The van der Waals surface area contributed by atoms with Gasteiger partial charge < -0.3 is 25.0 Å². The number of benzene rings is 2. The summed E-state index contributed by atoms with van der Waals surface area (Å²) >= 11 is 0. The van der Waals surface area contributed by atoms with Crippen molar-refractivity contribution in [2.75, 3.05) is 34.3 Å². The number of hydrogen-bond donors (Lipinski definition) is 3. The van der Waals surface area contributed by atoms with Crippen LogP contribution in [0.15, 0.2) is 48.5 Å². The molecule has 0 aliphatic heterocycles. The molecular weight excluding hydrogens is 358 g/mol. The third-order valence-corrected chi connectivity index (χ3v) is 4.16. The maximum atomic E-state index is 11.9. The van der Waals surface area contributed by atoms with Crippen molar-refractivity contribution in [3.8, 4) is 11.5 Å². The molecule has 3 N–H and O–H groups in total. The Labute approximate surface area is 165 Å². The van der Waals surface area contributed by atoms with Gasteiger partial charge >= 0.3 is 0 Å². The first-order valence-corrected chi connectivity index (χ1v) is 9.14. The molecule has 0 fully saturated rings. The average molecular weight is 386 g/mol. The number of amides is 2. The van der Waals surface area contributed by atoms with Gasteiger partial charge in [0.2, 0.25) is 5.91 Å². The minimum Gasteiger partial charge on any atom is -0.493 e. The molecule has 2 amide bonds. The molecule has 1 unspecified atom stereocenters. The van der Waals surface area contributed by atoms with E-state index >= 15 is 0 Å². The Kier molecular flexibility index (Phi) is 8.30. The number of carbonyl (C=O) groups excluding carboxylic acids is 2. The van der Waals surface area contributed by atoms with E-state index in [4.69, 9.17) is 9.47 Å². The second kappa shape index (κ2) is 10.9. The summed E-state index contributed by atoms with van der Waals surface area (Å²) < 4.78 is 11.3. The van der Waals surface area contributed by atoms with E-state index in [9.17, 15) is 9.59 Å². The number of likely N-dealkylation sites (N-methyl/N-ethyl adjacent to an activating group) is 2. The summed E-state index contributed by atoms with van der Waals surface area (Å²) in [5, 5.41) is 5.06. The largest absolute Gasteiger partial charge is 0.493 e. The molecule has 0 radical (unpaired) electrons. The lowest BCUT2D eigenvalue weighted by molar-refractivity contribution is -0.885. The SMILES string of the molecule is CNC(=O)CNC(=O)C[NH+](C)Cc1ccc(OCc2ccccc2)c(OC)c1. The molecule has 0 saturated carbocycles. The lowest BCUT2D eigenvalue weighted by Crippen LogP contribution is -3.08. The van der Waals surface area contributed by atoms with Crippen LogP contribution in [-0.2, 0) is 22.7 Å². The molecule has 2 aromatic rings. The molecule has 0 saturated heterocycles. The smallest absolute Gasteiger partial charge is 0.275 e. The summed E-state index contributed by atoms with van der Waals surface area (Å²) in [6, 6.07) is 15.7. The Morgan fingerprint density at radius 1 is 1.00 bits per heavy atom. The second-order valence-electron chi connectivity index (χ2n) is 6.52. The van der Waals surface area contributed by atoms with E-state index in [1.165, 1.54) is 7.05 Å². The predicted molar refractivity (Wildman–Crippen MR) is 106 cm³/mol. The van der Waals surface area contributed by atoms with Crippen molar-refractivity contribution in [1.29, 1.82) is 0 Å². The Morgan fingerprint density at radius 3 is 2.43 bits per heavy atom. The van der Waals surface area contributed by atoms with Gasteiger partial charge in [0.05, 0.1) is 20.7 Å². The summed E-state index contributed by atoms with van der Waals surface area (Å²) in [6.45, 7) is 1.37. The first kappa shape index (κ1) is 21.2. The lowest BCUT2D eigenvalue weighted by atomic mass is 10.2. The molecule has 0 bridgehead atoms. The monoisotopic (exact) mass is 386 g/mol. The number of rotatable bonds is 10. The molecule has 7 nitrogen and oxygen atoms in total. The molecule has 0 aliphatic carbocycles. The van der Waals surface area contributed by atoms with Crippen molar-refractivity contribution >= 4 is 11.8 Å². The minimum absolute atomic E-state index is 0.0100. The quantitative estimate of drug-likeness (QED) is 0.543. The molecular formula is C21H28N3O4+. The van der Waals surface area contributed by atoms with E-state index in [0.29, 0.717) is 24.7 Å². The minimum atomic E-state index is -0.221. The first-order chi connectivity index (χ1) is 13.5. The van der Waals surface area contributed by atoms with Crippen molar-refractivity contribution in [3.63, 3.8) is 0 Å². The highest BCUT2D eigenvalue weighted by Crippen LogP contribution is 2.28. The zero-order valence-corrected chi connectivity index (χ0v) is 16.6. The van der Waals surface area contributed by atoms with E-state index in [-0.39, 0.29) is 24.9 Å². The third-order valence-electron chi connectivity index (χ3n) is 4.16. The van der Waals surface area contributed by atoms with Gasteiger partial charge in [0.1, 0.15) is 13.2 Å². The van der Waals surface area contributed by atoms with Gasteiger partial charge in [0.15, 0.2) is 18.0 Å². The van der Waals surface area contributed by atoms with Gasteiger partial charge in [-0.15, -0.1) is 0 Å². The molecule has 2 aromatic carbocycles. The van der Waals surface area contributed by atoms with E-state index < -0.39 is 0 Å². The van der Waals surface area contributed by atoms with E-state index in [0.717, 1.165) is 16.0 Å². The summed E-state index contributed by atoms with van der Waals surface area (Å²) in [7, 11) is 5.07. The maximum absolute atomic E-state index is 11.9. The first-order valence-electron chi connectivity index (χ1n) is 9.14. The highest BCUT2D eigenvalue weighted by molar-refractivity contribution is 5.84. The summed E-state index contributed by atoms with van der Waals surface area (Å²) in [4.78, 5) is 24.1. The van der Waals surface area contributed by atoms with Gasteiger partial charge in [-0.25, -0.2) is 0 Å². The highest BCUT2D eigenvalue weighted by atomic mass is 16.5. The van der Waals surface area contributed by atoms with Crippen LogP contribution < -0.4 is 25.0 Å². The van der Waals surface area contributed by atoms with Crippen LogP contribution in [-0.4, -0.2) is 46.1 Å². The Hall–Kier alpha value is -3.06. The Bertz CT molecular complexity index is 780. The van der Waals surface area contributed by atoms with Crippen LogP contribution in [0, 0.1) is 0 Å². The van der Waals surface area contributed by atoms with Crippen molar-refractivity contribution in [2.45, 2.75) is 13.2 Å².